The molecule has 0 atom stereocenters. The quantitative estimate of drug-likeness (QED) is 0.764. The molecule has 114 valence electrons. The summed E-state index contributed by atoms with van der Waals surface area (Å²) in [6.07, 6.45) is 0. The summed E-state index contributed by atoms with van der Waals surface area (Å²) >= 11 is 4.81. The number of amides is 1. The summed E-state index contributed by atoms with van der Waals surface area (Å²) in [6, 6.07) is 12.4. The van der Waals surface area contributed by atoms with E-state index in [1.54, 1.807) is 19.1 Å². The van der Waals surface area contributed by atoms with E-state index in [1.807, 2.05) is 24.3 Å². The van der Waals surface area contributed by atoms with Crippen molar-refractivity contribution in [2.45, 2.75) is 11.8 Å². The number of carboxylic acids is 1. The summed E-state index contributed by atoms with van der Waals surface area (Å²) in [7, 11) is 0. The number of benzene rings is 2. The van der Waals surface area contributed by atoms with Crippen LogP contribution in [0.1, 0.15) is 15.9 Å². The molecule has 0 bridgehead atoms. The molecular weight excluding hydrogens is 366 g/mol. The van der Waals surface area contributed by atoms with Gasteiger partial charge in [-0.15, -0.1) is 11.8 Å². The molecule has 0 aliphatic rings. The van der Waals surface area contributed by atoms with Gasteiger partial charge in [0.25, 0.3) is 0 Å². The van der Waals surface area contributed by atoms with Crippen LogP contribution in [0.2, 0.25) is 0 Å². The Bertz CT molecular complexity index is 701. The van der Waals surface area contributed by atoms with Gasteiger partial charge in [-0.05, 0) is 55.0 Å². The Balaban J connectivity index is 1.94. The molecule has 0 unspecified atom stereocenters. The summed E-state index contributed by atoms with van der Waals surface area (Å²) in [6.45, 7) is 1.77. The third kappa shape index (κ3) is 4.61. The maximum atomic E-state index is 12.0. The number of nitrogens with one attached hydrogen (secondary N) is 1. The number of hydrogen-bond acceptors (Lipinski definition) is 3. The van der Waals surface area contributed by atoms with Crippen LogP contribution in [0, 0.1) is 6.92 Å². The third-order valence-electron chi connectivity index (χ3n) is 2.93. The van der Waals surface area contributed by atoms with Crippen LogP contribution < -0.4 is 5.32 Å². The number of carbonyl (C=O) groups is 2. The van der Waals surface area contributed by atoms with E-state index >= 15 is 0 Å². The second kappa shape index (κ2) is 7.47. The Kier molecular flexibility index (Phi) is 5.63. The summed E-state index contributed by atoms with van der Waals surface area (Å²) < 4.78 is 0.996. The van der Waals surface area contributed by atoms with Crippen molar-refractivity contribution in [1.29, 1.82) is 0 Å². The molecule has 0 radical (unpaired) electrons. The lowest BCUT2D eigenvalue weighted by Gasteiger charge is -2.09. The van der Waals surface area contributed by atoms with Crippen LogP contribution >= 0.6 is 27.7 Å². The Morgan fingerprint density at radius 2 is 1.86 bits per heavy atom. The van der Waals surface area contributed by atoms with Crippen LogP contribution in [0.4, 0.5) is 5.69 Å². The lowest BCUT2D eigenvalue weighted by molar-refractivity contribution is -0.113. The first-order valence-electron chi connectivity index (χ1n) is 6.48. The zero-order valence-electron chi connectivity index (χ0n) is 11.8. The van der Waals surface area contributed by atoms with Gasteiger partial charge in [-0.1, -0.05) is 15.9 Å². The molecule has 2 rings (SSSR count). The van der Waals surface area contributed by atoms with Crippen molar-refractivity contribution < 1.29 is 14.7 Å². The minimum Gasteiger partial charge on any atom is -0.478 e. The van der Waals surface area contributed by atoms with Gasteiger partial charge in [0.05, 0.1) is 11.3 Å². The number of rotatable bonds is 5. The van der Waals surface area contributed by atoms with Crippen LogP contribution in [0.15, 0.2) is 51.8 Å². The summed E-state index contributed by atoms with van der Waals surface area (Å²) in [5, 5.41) is 11.7. The fourth-order valence-electron chi connectivity index (χ4n) is 1.80. The number of hydrogen-bond donors (Lipinski definition) is 2. The van der Waals surface area contributed by atoms with E-state index in [0.717, 1.165) is 14.9 Å². The molecule has 6 heteroatoms. The van der Waals surface area contributed by atoms with Crippen LogP contribution in [0.25, 0.3) is 0 Å². The minimum absolute atomic E-state index is 0.126. The molecule has 2 N–H and O–H groups in total. The zero-order valence-corrected chi connectivity index (χ0v) is 14.2. The molecular formula is C16H14BrNO3S. The molecule has 1 amide bonds. The first-order chi connectivity index (χ1) is 10.5. The smallest absolute Gasteiger partial charge is 0.335 e. The predicted octanol–water partition coefficient (Wildman–Crippen LogP) is 4.19. The number of carbonyl (C=O) groups excluding carboxylic acids is 1. The molecule has 0 fully saturated rings. The molecule has 2 aromatic carbocycles. The van der Waals surface area contributed by atoms with Crippen molar-refractivity contribution >= 4 is 45.3 Å². The van der Waals surface area contributed by atoms with Crippen molar-refractivity contribution in [3.63, 3.8) is 0 Å². The van der Waals surface area contributed by atoms with Gasteiger partial charge in [-0.25, -0.2) is 4.79 Å². The van der Waals surface area contributed by atoms with E-state index < -0.39 is 5.97 Å². The fourth-order valence-corrected chi connectivity index (χ4v) is 2.77. The molecule has 0 saturated carbocycles. The highest BCUT2D eigenvalue weighted by Gasteiger charge is 2.09. The van der Waals surface area contributed by atoms with Gasteiger partial charge >= 0.3 is 5.97 Å². The highest BCUT2D eigenvalue weighted by Crippen LogP contribution is 2.22. The number of halogens is 1. The number of thioether (sulfide) groups is 1. The molecule has 0 aliphatic heterocycles. The Morgan fingerprint density at radius 1 is 1.18 bits per heavy atom. The standard InChI is InChI=1S/C16H14BrNO3S/c1-10-8-11(16(20)21)2-7-14(10)18-15(19)9-22-13-5-3-12(17)4-6-13/h2-8H,9H2,1H3,(H,18,19)(H,20,21). The van der Waals surface area contributed by atoms with Crippen molar-refractivity contribution in [2.24, 2.45) is 0 Å². The van der Waals surface area contributed by atoms with Crippen molar-refractivity contribution in [3.05, 3.63) is 58.1 Å². The molecule has 0 heterocycles. The molecule has 0 aliphatic carbocycles. The topological polar surface area (TPSA) is 66.4 Å². The lowest BCUT2D eigenvalue weighted by atomic mass is 10.1. The first-order valence-corrected chi connectivity index (χ1v) is 8.26. The number of carboxylic acid groups (broad SMARTS) is 1. The van der Waals surface area contributed by atoms with E-state index in [4.69, 9.17) is 5.11 Å². The monoisotopic (exact) mass is 379 g/mol. The lowest BCUT2D eigenvalue weighted by Crippen LogP contribution is -2.15. The molecule has 0 saturated heterocycles. The van der Waals surface area contributed by atoms with Crippen LogP contribution in [0.5, 0.6) is 0 Å². The fraction of sp³-hybridized carbons (Fsp3) is 0.125. The maximum absolute atomic E-state index is 12.0. The second-order valence-electron chi connectivity index (χ2n) is 4.63. The van der Waals surface area contributed by atoms with Gasteiger partial charge in [0.2, 0.25) is 5.91 Å². The van der Waals surface area contributed by atoms with Gasteiger partial charge in [-0.3, -0.25) is 4.79 Å². The number of aromatic carboxylic acids is 1. The Labute approximate surface area is 141 Å². The summed E-state index contributed by atoms with van der Waals surface area (Å²) in [5.74, 6) is -0.812. The summed E-state index contributed by atoms with van der Waals surface area (Å²) in [4.78, 5) is 23.9. The second-order valence-corrected chi connectivity index (χ2v) is 6.59. The maximum Gasteiger partial charge on any atom is 0.335 e. The molecule has 22 heavy (non-hydrogen) atoms. The van der Waals surface area contributed by atoms with E-state index in [-0.39, 0.29) is 11.5 Å². The first kappa shape index (κ1) is 16.6. The molecule has 4 nitrogen and oxygen atoms in total. The largest absolute Gasteiger partial charge is 0.478 e. The molecule has 0 aromatic heterocycles. The minimum atomic E-state index is -0.980. The van der Waals surface area contributed by atoms with Gasteiger partial charge in [-0.2, -0.15) is 0 Å². The highest BCUT2D eigenvalue weighted by atomic mass is 79.9. The average molecular weight is 380 g/mol. The van der Waals surface area contributed by atoms with Gasteiger partial charge in [0.1, 0.15) is 0 Å². The summed E-state index contributed by atoms with van der Waals surface area (Å²) in [5.41, 5.74) is 1.56. The number of aryl methyl sites for hydroxylation is 1. The predicted molar refractivity (Wildman–Crippen MR) is 91.6 cm³/mol. The number of anilines is 1. The van der Waals surface area contributed by atoms with Crippen LogP contribution in [-0.2, 0) is 4.79 Å². The van der Waals surface area contributed by atoms with Gasteiger partial charge in [0, 0.05) is 15.1 Å². The van der Waals surface area contributed by atoms with E-state index in [1.165, 1.54) is 17.8 Å². The Morgan fingerprint density at radius 3 is 2.45 bits per heavy atom. The molecule has 2 aromatic rings. The van der Waals surface area contributed by atoms with Gasteiger partial charge < -0.3 is 10.4 Å². The normalized spacial score (nSPS) is 10.3. The SMILES string of the molecule is Cc1cc(C(=O)O)ccc1NC(=O)CSc1ccc(Br)cc1. The zero-order chi connectivity index (χ0) is 16.1. The van der Waals surface area contributed by atoms with Crippen molar-refractivity contribution in [1.82, 2.24) is 0 Å². The van der Waals surface area contributed by atoms with Gasteiger partial charge in [0.15, 0.2) is 0 Å². The van der Waals surface area contributed by atoms with Crippen molar-refractivity contribution in [3.8, 4) is 0 Å². The van der Waals surface area contributed by atoms with Crippen LogP contribution in [0.3, 0.4) is 0 Å². The average Bonchev–Trinajstić information content (AvgIpc) is 2.48. The molecule has 0 spiro atoms. The van der Waals surface area contributed by atoms with E-state index in [2.05, 4.69) is 21.2 Å². The van der Waals surface area contributed by atoms with E-state index in [9.17, 15) is 9.59 Å². The van der Waals surface area contributed by atoms with Crippen molar-refractivity contribution in [2.75, 3.05) is 11.1 Å². The Hall–Kier alpha value is -1.79. The third-order valence-corrected chi connectivity index (χ3v) is 4.47. The highest BCUT2D eigenvalue weighted by molar-refractivity contribution is 9.10. The van der Waals surface area contributed by atoms with E-state index in [0.29, 0.717) is 11.4 Å². The van der Waals surface area contributed by atoms with Crippen LogP contribution in [-0.4, -0.2) is 22.7 Å².